The van der Waals surface area contributed by atoms with Crippen LogP contribution in [0, 0.1) is 5.41 Å². The summed E-state index contributed by atoms with van der Waals surface area (Å²) < 4.78 is 0. The highest BCUT2D eigenvalue weighted by Crippen LogP contribution is 2.35. The number of hydrogen-bond acceptors (Lipinski definition) is 3. The Hall–Kier alpha value is -0.930. The van der Waals surface area contributed by atoms with E-state index in [4.69, 9.17) is 5.73 Å². The van der Waals surface area contributed by atoms with Crippen molar-refractivity contribution in [2.24, 2.45) is 11.1 Å². The zero-order valence-electron chi connectivity index (χ0n) is 12.5. The van der Waals surface area contributed by atoms with E-state index >= 15 is 0 Å². The van der Waals surface area contributed by atoms with Crippen LogP contribution >= 0.6 is 0 Å². The molecule has 0 aliphatic carbocycles. The second-order valence-electron chi connectivity index (χ2n) is 6.50. The highest BCUT2D eigenvalue weighted by atomic mass is 15.2. The zero-order valence-corrected chi connectivity index (χ0v) is 12.5. The molecule has 0 saturated carbocycles. The molecule has 2 heterocycles. The third kappa shape index (κ3) is 3.54. The second kappa shape index (κ2) is 6.02. The summed E-state index contributed by atoms with van der Waals surface area (Å²) in [7, 11) is 0. The van der Waals surface area contributed by atoms with Gasteiger partial charge in [-0.2, -0.15) is 0 Å². The third-order valence-corrected chi connectivity index (χ3v) is 4.47. The molecule has 1 aromatic rings. The number of piperidine rings is 1. The van der Waals surface area contributed by atoms with Gasteiger partial charge in [0.2, 0.25) is 0 Å². The number of pyridine rings is 1. The SMILES string of the molecule is CCC(N)C(c1ccncc1)N1CCC(C)(C)CC1. The fourth-order valence-corrected chi connectivity index (χ4v) is 2.92. The van der Waals surface area contributed by atoms with Crippen LogP contribution in [0.4, 0.5) is 0 Å². The highest BCUT2D eigenvalue weighted by Gasteiger charge is 2.32. The van der Waals surface area contributed by atoms with Gasteiger partial charge in [0.1, 0.15) is 0 Å². The predicted molar refractivity (Wildman–Crippen MR) is 79.8 cm³/mol. The molecule has 3 heteroatoms. The van der Waals surface area contributed by atoms with E-state index < -0.39 is 0 Å². The van der Waals surface area contributed by atoms with Crippen molar-refractivity contribution in [3.8, 4) is 0 Å². The van der Waals surface area contributed by atoms with Gasteiger partial charge in [0.25, 0.3) is 0 Å². The lowest BCUT2D eigenvalue weighted by atomic mass is 9.81. The molecular formula is C16H27N3. The van der Waals surface area contributed by atoms with Gasteiger partial charge in [-0.15, -0.1) is 0 Å². The molecule has 0 amide bonds. The fourth-order valence-electron chi connectivity index (χ4n) is 2.92. The molecule has 0 radical (unpaired) electrons. The lowest BCUT2D eigenvalue weighted by Crippen LogP contribution is -2.46. The number of nitrogens with two attached hydrogens (primary N) is 1. The Morgan fingerprint density at radius 2 is 1.84 bits per heavy atom. The Labute approximate surface area is 117 Å². The minimum atomic E-state index is 0.198. The van der Waals surface area contributed by atoms with Crippen LogP contribution < -0.4 is 5.73 Å². The van der Waals surface area contributed by atoms with Crippen molar-refractivity contribution in [1.29, 1.82) is 0 Å². The van der Waals surface area contributed by atoms with Crippen molar-refractivity contribution in [2.75, 3.05) is 13.1 Å². The van der Waals surface area contributed by atoms with Gasteiger partial charge in [0.15, 0.2) is 0 Å². The Morgan fingerprint density at radius 1 is 1.26 bits per heavy atom. The third-order valence-electron chi connectivity index (χ3n) is 4.47. The molecule has 3 nitrogen and oxygen atoms in total. The Balaban J connectivity index is 2.16. The van der Waals surface area contributed by atoms with E-state index in [9.17, 15) is 0 Å². The molecule has 19 heavy (non-hydrogen) atoms. The van der Waals surface area contributed by atoms with Crippen molar-refractivity contribution in [3.05, 3.63) is 30.1 Å². The van der Waals surface area contributed by atoms with Crippen LogP contribution in [0.2, 0.25) is 0 Å². The van der Waals surface area contributed by atoms with Crippen LogP contribution in [0.5, 0.6) is 0 Å². The van der Waals surface area contributed by atoms with Crippen LogP contribution in [-0.4, -0.2) is 29.0 Å². The number of nitrogens with zero attached hydrogens (tertiary/aromatic N) is 2. The van der Waals surface area contributed by atoms with Crippen LogP contribution in [0.15, 0.2) is 24.5 Å². The first kappa shape index (κ1) is 14.5. The first-order valence-corrected chi connectivity index (χ1v) is 7.43. The van der Waals surface area contributed by atoms with Gasteiger partial charge in [0.05, 0.1) is 0 Å². The summed E-state index contributed by atoms with van der Waals surface area (Å²) in [5.74, 6) is 0. The maximum atomic E-state index is 6.39. The number of hydrogen-bond donors (Lipinski definition) is 1. The largest absolute Gasteiger partial charge is 0.326 e. The minimum Gasteiger partial charge on any atom is -0.326 e. The van der Waals surface area contributed by atoms with E-state index in [1.165, 1.54) is 18.4 Å². The van der Waals surface area contributed by atoms with E-state index in [1.807, 2.05) is 12.4 Å². The first-order chi connectivity index (χ1) is 9.03. The highest BCUT2D eigenvalue weighted by molar-refractivity contribution is 5.17. The lowest BCUT2D eigenvalue weighted by molar-refractivity contribution is 0.0808. The van der Waals surface area contributed by atoms with Crippen LogP contribution in [0.3, 0.4) is 0 Å². The first-order valence-electron chi connectivity index (χ1n) is 7.43. The van der Waals surface area contributed by atoms with E-state index in [1.54, 1.807) is 0 Å². The van der Waals surface area contributed by atoms with E-state index in [-0.39, 0.29) is 6.04 Å². The van der Waals surface area contributed by atoms with E-state index in [0.717, 1.165) is 19.5 Å². The molecule has 2 unspecified atom stereocenters. The average molecular weight is 261 g/mol. The van der Waals surface area contributed by atoms with Gasteiger partial charge >= 0.3 is 0 Å². The molecule has 1 aliphatic heterocycles. The molecule has 0 bridgehead atoms. The molecule has 2 atom stereocenters. The summed E-state index contributed by atoms with van der Waals surface area (Å²) in [5.41, 5.74) is 8.18. The number of aromatic nitrogens is 1. The zero-order chi connectivity index (χ0) is 13.9. The standard InChI is InChI=1S/C16H27N3/c1-4-14(17)15(13-5-9-18-10-6-13)19-11-7-16(2,3)8-12-19/h5-6,9-10,14-15H,4,7-8,11-12,17H2,1-3H3. The van der Waals surface area contributed by atoms with Gasteiger partial charge in [-0.25, -0.2) is 0 Å². The van der Waals surface area contributed by atoms with Crippen molar-refractivity contribution >= 4 is 0 Å². The smallest absolute Gasteiger partial charge is 0.0500 e. The molecule has 0 aromatic carbocycles. The number of rotatable bonds is 4. The van der Waals surface area contributed by atoms with Gasteiger partial charge in [-0.1, -0.05) is 20.8 Å². The van der Waals surface area contributed by atoms with E-state index in [2.05, 4.69) is 42.8 Å². The molecule has 0 spiro atoms. The molecule has 1 saturated heterocycles. The Morgan fingerprint density at radius 3 is 2.37 bits per heavy atom. The monoisotopic (exact) mass is 261 g/mol. The van der Waals surface area contributed by atoms with Crippen molar-refractivity contribution in [3.63, 3.8) is 0 Å². The summed E-state index contributed by atoms with van der Waals surface area (Å²) in [6.45, 7) is 9.20. The van der Waals surface area contributed by atoms with Crippen LogP contribution in [0.25, 0.3) is 0 Å². The normalized spacial score (nSPS) is 22.9. The quantitative estimate of drug-likeness (QED) is 0.906. The molecular weight excluding hydrogens is 234 g/mol. The maximum Gasteiger partial charge on any atom is 0.0500 e. The molecule has 1 aromatic heterocycles. The molecule has 2 N–H and O–H groups in total. The molecule has 106 valence electrons. The minimum absolute atomic E-state index is 0.198. The van der Waals surface area contributed by atoms with Crippen LogP contribution in [0.1, 0.15) is 51.6 Å². The summed E-state index contributed by atoms with van der Waals surface area (Å²) >= 11 is 0. The van der Waals surface area contributed by atoms with Crippen LogP contribution in [-0.2, 0) is 0 Å². The molecule has 1 fully saturated rings. The topological polar surface area (TPSA) is 42.1 Å². The summed E-state index contributed by atoms with van der Waals surface area (Å²) in [5, 5.41) is 0. The van der Waals surface area contributed by atoms with Gasteiger partial charge in [-0.3, -0.25) is 9.88 Å². The van der Waals surface area contributed by atoms with Crippen molar-refractivity contribution in [2.45, 2.75) is 52.1 Å². The van der Waals surface area contributed by atoms with Gasteiger partial charge < -0.3 is 5.73 Å². The fraction of sp³-hybridized carbons (Fsp3) is 0.688. The maximum absolute atomic E-state index is 6.39. The van der Waals surface area contributed by atoms with Gasteiger partial charge in [0, 0.05) is 24.5 Å². The summed E-state index contributed by atoms with van der Waals surface area (Å²) in [6.07, 6.45) is 7.26. The molecule has 1 aliphatic rings. The Kier molecular flexibility index (Phi) is 4.58. The summed E-state index contributed by atoms with van der Waals surface area (Å²) in [4.78, 5) is 6.69. The lowest BCUT2D eigenvalue weighted by Gasteiger charge is -2.43. The number of likely N-dealkylation sites (tertiary alicyclic amines) is 1. The summed E-state index contributed by atoms with van der Waals surface area (Å²) in [6, 6.07) is 4.76. The second-order valence-corrected chi connectivity index (χ2v) is 6.50. The molecule has 2 rings (SSSR count). The Bertz CT molecular complexity index is 378. The van der Waals surface area contributed by atoms with E-state index in [0.29, 0.717) is 11.5 Å². The van der Waals surface area contributed by atoms with Gasteiger partial charge in [-0.05, 0) is 55.5 Å². The van der Waals surface area contributed by atoms with Crippen molar-refractivity contribution < 1.29 is 0 Å². The van der Waals surface area contributed by atoms with Crippen molar-refractivity contribution in [1.82, 2.24) is 9.88 Å². The predicted octanol–water partition coefficient (Wildman–Crippen LogP) is 2.98. The average Bonchev–Trinajstić information content (AvgIpc) is 2.42.